The number of hydrogen-bond donors (Lipinski definition) is 0. The van der Waals surface area contributed by atoms with Gasteiger partial charge in [-0.05, 0) is 43.0 Å². The molecule has 90 valence electrons. The molecule has 0 saturated heterocycles. The van der Waals surface area contributed by atoms with Crippen LogP contribution in [-0.4, -0.2) is 37.1 Å². The number of esters is 1. The summed E-state index contributed by atoms with van der Waals surface area (Å²) in [4.78, 5) is 11.6. The highest BCUT2D eigenvalue weighted by molar-refractivity contribution is 9.10. The van der Waals surface area contributed by atoms with E-state index in [1.807, 2.05) is 12.1 Å². The van der Waals surface area contributed by atoms with Crippen molar-refractivity contribution in [2.45, 2.75) is 0 Å². The van der Waals surface area contributed by atoms with Crippen molar-refractivity contribution in [2.75, 3.05) is 31.1 Å². The van der Waals surface area contributed by atoms with Crippen LogP contribution in [-0.2, 0) is 4.74 Å². The maximum atomic E-state index is 11.6. The van der Waals surface area contributed by atoms with Crippen LogP contribution in [0.4, 0.5) is 0 Å². The standard InChI is InChI=1S/C12H17BrO2S/c1-16(2,3)9-8-15-12(14)10-4-6-11(13)7-5-10/h4-7H,8-9H2,1-3H3. The van der Waals surface area contributed by atoms with Crippen molar-refractivity contribution in [1.82, 2.24) is 0 Å². The molecular formula is C12H17BrO2S. The van der Waals surface area contributed by atoms with Crippen molar-refractivity contribution in [3.05, 3.63) is 34.3 Å². The molecule has 0 aromatic heterocycles. The van der Waals surface area contributed by atoms with Crippen molar-refractivity contribution in [2.24, 2.45) is 0 Å². The molecule has 0 amide bonds. The van der Waals surface area contributed by atoms with Gasteiger partial charge in [0.25, 0.3) is 0 Å². The molecule has 16 heavy (non-hydrogen) atoms. The minimum absolute atomic E-state index is 0.240. The Hall–Kier alpha value is -0.480. The van der Waals surface area contributed by atoms with Crippen molar-refractivity contribution >= 4 is 31.9 Å². The molecule has 1 aromatic carbocycles. The van der Waals surface area contributed by atoms with E-state index in [9.17, 15) is 4.79 Å². The van der Waals surface area contributed by atoms with E-state index in [-0.39, 0.29) is 5.97 Å². The van der Waals surface area contributed by atoms with Gasteiger partial charge in [-0.1, -0.05) is 15.9 Å². The maximum Gasteiger partial charge on any atom is 0.338 e. The second-order valence-electron chi connectivity index (χ2n) is 4.44. The van der Waals surface area contributed by atoms with Gasteiger partial charge < -0.3 is 4.74 Å². The van der Waals surface area contributed by atoms with Gasteiger partial charge in [0, 0.05) is 10.2 Å². The Morgan fingerprint density at radius 2 is 1.81 bits per heavy atom. The Morgan fingerprint density at radius 3 is 2.31 bits per heavy atom. The minimum Gasteiger partial charge on any atom is -0.461 e. The molecule has 0 aliphatic heterocycles. The van der Waals surface area contributed by atoms with E-state index in [2.05, 4.69) is 34.7 Å². The van der Waals surface area contributed by atoms with Crippen molar-refractivity contribution in [3.8, 4) is 0 Å². The monoisotopic (exact) mass is 304 g/mol. The zero-order chi connectivity index (χ0) is 12.2. The fourth-order valence-electron chi connectivity index (χ4n) is 1.05. The zero-order valence-electron chi connectivity index (χ0n) is 9.83. The number of carbonyl (C=O) groups is 1. The predicted octanol–water partition coefficient (Wildman–Crippen LogP) is 3.30. The first-order chi connectivity index (χ1) is 7.38. The first-order valence-corrected chi connectivity index (χ1v) is 8.79. The molecule has 4 heteroatoms. The average Bonchev–Trinajstić information content (AvgIpc) is 2.16. The van der Waals surface area contributed by atoms with E-state index in [1.165, 1.54) is 0 Å². The predicted molar refractivity (Wildman–Crippen MR) is 74.7 cm³/mol. The van der Waals surface area contributed by atoms with Gasteiger partial charge in [0.15, 0.2) is 0 Å². The molecule has 0 fully saturated rings. The minimum atomic E-state index is -0.593. The Labute approximate surface area is 107 Å². The summed E-state index contributed by atoms with van der Waals surface area (Å²) in [5.74, 6) is 0.714. The van der Waals surface area contributed by atoms with Crippen LogP contribution < -0.4 is 0 Å². The highest BCUT2D eigenvalue weighted by atomic mass is 79.9. The molecular weight excluding hydrogens is 288 g/mol. The van der Waals surface area contributed by atoms with E-state index in [0.717, 1.165) is 10.2 Å². The van der Waals surface area contributed by atoms with E-state index in [1.54, 1.807) is 12.1 Å². The first-order valence-electron chi connectivity index (χ1n) is 4.97. The van der Waals surface area contributed by atoms with Gasteiger partial charge in [-0.3, -0.25) is 0 Å². The third-order valence-electron chi connectivity index (χ3n) is 2.01. The molecule has 0 radical (unpaired) electrons. The number of benzene rings is 1. The van der Waals surface area contributed by atoms with E-state index in [4.69, 9.17) is 4.74 Å². The number of rotatable bonds is 4. The van der Waals surface area contributed by atoms with Crippen LogP contribution in [0.1, 0.15) is 10.4 Å². The smallest absolute Gasteiger partial charge is 0.338 e. The Kier molecular flexibility index (Phi) is 4.87. The first kappa shape index (κ1) is 13.6. The van der Waals surface area contributed by atoms with Crippen molar-refractivity contribution < 1.29 is 9.53 Å². The quantitative estimate of drug-likeness (QED) is 0.798. The molecule has 0 atom stereocenters. The summed E-state index contributed by atoms with van der Waals surface area (Å²) in [6.07, 6.45) is 6.63. The number of ether oxygens (including phenoxy) is 1. The maximum absolute atomic E-state index is 11.6. The number of carbonyl (C=O) groups excluding carboxylic acids is 1. The van der Waals surface area contributed by atoms with Gasteiger partial charge in [-0.2, -0.15) is 0 Å². The summed E-state index contributed by atoms with van der Waals surface area (Å²) in [5.41, 5.74) is 0.604. The summed E-state index contributed by atoms with van der Waals surface area (Å²) < 4.78 is 6.17. The van der Waals surface area contributed by atoms with Crippen LogP contribution in [0.3, 0.4) is 0 Å². The molecule has 1 rings (SSSR count). The van der Waals surface area contributed by atoms with Gasteiger partial charge >= 0.3 is 5.97 Å². The van der Waals surface area contributed by atoms with Gasteiger partial charge in [0.2, 0.25) is 0 Å². The largest absolute Gasteiger partial charge is 0.461 e. The molecule has 0 aliphatic carbocycles. The second-order valence-corrected chi connectivity index (χ2v) is 9.94. The van der Waals surface area contributed by atoms with Crippen LogP contribution in [0.5, 0.6) is 0 Å². The van der Waals surface area contributed by atoms with Gasteiger partial charge in [-0.15, -0.1) is 0 Å². The Balaban J connectivity index is 2.44. The molecule has 0 spiro atoms. The van der Waals surface area contributed by atoms with Crippen LogP contribution in [0.15, 0.2) is 28.7 Å². The lowest BCUT2D eigenvalue weighted by atomic mass is 10.2. The summed E-state index contributed by atoms with van der Waals surface area (Å²) in [6.45, 7) is 0.508. The van der Waals surface area contributed by atoms with E-state index < -0.39 is 10.0 Å². The highest BCUT2D eigenvalue weighted by Gasteiger charge is 2.09. The molecule has 0 heterocycles. The second kappa shape index (κ2) is 5.73. The van der Waals surface area contributed by atoms with E-state index in [0.29, 0.717) is 12.2 Å². The molecule has 0 unspecified atom stereocenters. The summed E-state index contributed by atoms with van der Waals surface area (Å²) in [7, 11) is -0.593. The van der Waals surface area contributed by atoms with Crippen LogP contribution in [0.25, 0.3) is 0 Å². The Bertz CT molecular complexity index is 354. The van der Waals surface area contributed by atoms with Gasteiger partial charge in [0.1, 0.15) is 0 Å². The third-order valence-corrected chi connectivity index (χ3v) is 3.93. The lowest BCUT2D eigenvalue weighted by Gasteiger charge is -2.24. The highest BCUT2D eigenvalue weighted by Crippen LogP contribution is 2.33. The normalized spacial score (nSPS) is 12.2. The van der Waals surface area contributed by atoms with Crippen molar-refractivity contribution in [1.29, 1.82) is 0 Å². The summed E-state index contributed by atoms with van der Waals surface area (Å²) in [5, 5.41) is 0. The lowest BCUT2D eigenvalue weighted by molar-refractivity contribution is 0.0530. The molecule has 2 nitrogen and oxygen atoms in total. The van der Waals surface area contributed by atoms with Crippen LogP contribution >= 0.6 is 26.0 Å². The van der Waals surface area contributed by atoms with Gasteiger partial charge in [0.05, 0.1) is 12.2 Å². The lowest BCUT2D eigenvalue weighted by Crippen LogP contribution is -2.12. The summed E-state index contributed by atoms with van der Waals surface area (Å²) in [6, 6.07) is 7.20. The number of hydrogen-bond acceptors (Lipinski definition) is 2. The molecule has 0 bridgehead atoms. The zero-order valence-corrected chi connectivity index (χ0v) is 12.2. The van der Waals surface area contributed by atoms with Crippen molar-refractivity contribution in [3.63, 3.8) is 0 Å². The molecule has 0 N–H and O–H groups in total. The third kappa shape index (κ3) is 5.03. The van der Waals surface area contributed by atoms with Gasteiger partial charge in [-0.25, -0.2) is 14.8 Å². The van der Waals surface area contributed by atoms with Crippen LogP contribution in [0.2, 0.25) is 0 Å². The topological polar surface area (TPSA) is 26.3 Å². The fourth-order valence-corrected chi connectivity index (χ4v) is 1.90. The van der Waals surface area contributed by atoms with E-state index >= 15 is 0 Å². The molecule has 0 saturated carbocycles. The fraction of sp³-hybridized carbons (Fsp3) is 0.417. The SMILES string of the molecule is CS(C)(C)CCOC(=O)c1ccc(Br)cc1. The number of halogens is 1. The molecule has 1 aromatic rings. The Morgan fingerprint density at radius 1 is 1.25 bits per heavy atom. The summed E-state index contributed by atoms with van der Waals surface area (Å²) >= 11 is 3.32. The van der Waals surface area contributed by atoms with Crippen LogP contribution in [0, 0.1) is 0 Å². The molecule has 0 aliphatic rings. The average molecular weight is 305 g/mol.